The van der Waals surface area contributed by atoms with Crippen molar-refractivity contribution >= 4 is 33.6 Å². The van der Waals surface area contributed by atoms with Gasteiger partial charge < -0.3 is 19.5 Å². The Balaban J connectivity index is 2.23. The van der Waals surface area contributed by atoms with Crippen LogP contribution in [0.25, 0.3) is 0 Å². The van der Waals surface area contributed by atoms with Crippen LogP contribution in [-0.2, 0) is 24.3 Å². The fourth-order valence-electron chi connectivity index (χ4n) is 2.59. The zero-order chi connectivity index (χ0) is 23.2. The first kappa shape index (κ1) is 23.8. The predicted molar refractivity (Wildman–Crippen MR) is 111 cm³/mol. The standard InChI is InChI=1S/C20H22N2O8S/c1-22(31(26,27)15-8-6-14(28-2)7-9-15)12-18(23)21-17-11-13(19(24)29-3)5-10-16(17)20(25)30-4/h5-11H,12H2,1-4H3,(H,21,23). The van der Waals surface area contributed by atoms with Crippen molar-refractivity contribution in [2.45, 2.75) is 4.90 Å². The third-order valence-corrected chi connectivity index (χ3v) is 6.07. The molecule has 0 bridgehead atoms. The van der Waals surface area contributed by atoms with Crippen LogP contribution in [0.15, 0.2) is 47.4 Å². The van der Waals surface area contributed by atoms with Gasteiger partial charge in [0.25, 0.3) is 0 Å². The Kier molecular flexibility index (Phi) is 7.72. The summed E-state index contributed by atoms with van der Waals surface area (Å²) in [6.45, 7) is -0.544. The van der Waals surface area contributed by atoms with Gasteiger partial charge in [0.2, 0.25) is 15.9 Å². The van der Waals surface area contributed by atoms with E-state index in [2.05, 4.69) is 14.8 Å². The summed E-state index contributed by atoms with van der Waals surface area (Å²) in [6, 6.07) is 9.58. The van der Waals surface area contributed by atoms with Crippen LogP contribution in [0.2, 0.25) is 0 Å². The Hall–Kier alpha value is -3.44. The zero-order valence-electron chi connectivity index (χ0n) is 17.4. The van der Waals surface area contributed by atoms with Gasteiger partial charge in [-0.2, -0.15) is 4.31 Å². The van der Waals surface area contributed by atoms with E-state index in [0.29, 0.717) is 5.75 Å². The van der Waals surface area contributed by atoms with E-state index in [1.165, 1.54) is 63.7 Å². The highest BCUT2D eigenvalue weighted by atomic mass is 32.2. The maximum Gasteiger partial charge on any atom is 0.339 e. The summed E-state index contributed by atoms with van der Waals surface area (Å²) in [6.07, 6.45) is 0. The number of amides is 1. The van der Waals surface area contributed by atoms with Crippen molar-refractivity contribution in [3.05, 3.63) is 53.6 Å². The summed E-state index contributed by atoms with van der Waals surface area (Å²) in [5.74, 6) is -1.66. The van der Waals surface area contributed by atoms with Gasteiger partial charge in [0.15, 0.2) is 0 Å². The van der Waals surface area contributed by atoms with Crippen molar-refractivity contribution in [1.29, 1.82) is 0 Å². The minimum absolute atomic E-state index is 0.0100. The van der Waals surface area contributed by atoms with Crippen molar-refractivity contribution in [2.75, 3.05) is 40.2 Å². The average molecular weight is 450 g/mol. The third-order valence-electron chi connectivity index (χ3n) is 4.25. The zero-order valence-corrected chi connectivity index (χ0v) is 18.2. The fraction of sp³-hybridized carbons (Fsp3) is 0.250. The van der Waals surface area contributed by atoms with E-state index in [9.17, 15) is 22.8 Å². The van der Waals surface area contributed by atoms with Crippen molar-refractivity contribution in [3.63, 3.8) is 0 Å². The van der Waals surface area contributed by atoms with E-state index >= 15 is 0 Å². The number of rotatable bonds is 8. The SMILES string of the molecule is COC(=O)c1ccc(C(=O)OC)c(NC(=O)CN(C)S(=O)(=O)c2ccc(OC)cc2)c1. The first-order chi connectivity index (χ1) is 14.6. The first-order valence-electron chi connectivity index (χ1n) is 8.85. The van der Waals surface area contributed by atoms with Crippen molar-refractivity contribution in [3.8, 4) is 5.75 Å². The molecule has 0 heterocycles. The van der Waals surface area contributed by atoms with Gasteiger partial charge in [0.1, 0.15) is 5.75 Å². The Labute approximate surface area is 179 Å². The van der Waals surface area contributed by atoms with Crippen LogP contribution in [-0.4, -0.2) is 65.5 Å². The molecule has 31 heavy (non-hydrogen) atoms. The smallest absolute Gasteiger partial charge is 0.339 e. The van der Waals surface area contributed by atoms with Crippen LogP contribution in [0.1, 0.15) is 20.7 Å². The quantitative estimate of drug-likeness (QED) is 0.600. The number of benzene rings is 2. The lowest BCUT2D eigenvalue weighted by Gasteiger charge is -2.18. The van der Waals surface area contributed by atoms with Gasteiger partial charge in [0, 0.05) is 7.05 Å². The molecule has 0 saturated heterocycles. The van der Waals surface area contributed by atoms with Gasteiger partial charge in [-0.05, 0) is 42.5 Å². The van der Waals surface area contributed by atoms with Crippen molar-refractivity contribution in [2.24, 2.45) is 0 Å². The predicted octanol–water partition coefficient (Wildman–Crippen LogP) is 1.53. The lowest BCUT2D eigenvalue weighted by Crippen LogP contribution is -2.35. The summed E-state index contributed by atoms with van der Waals surface area (Å²) in [7, 11) is 1.09. The van der Waals surface area contributed by atoms with Crippen LogP contribution in [0, 0.1) is 0 Å². The summed E-state index contributed by atoms with van der Waals surface area (Å²) in [5, 5.41) is 2.44. The third kappa shape index (κ3) is 5.58. The number of carbonyl (C=O) groups is 3. The molecule has 2 aromatic rings. The van der Waals surface area contributed by atoms with E-state index in [4.69, 9.17) is 4.74 Å². The van der Waals surface area contributed by atoms with Crippen LogP contribution < -0.4 is 10.1 Å². The Morgan fingerprint density at radius 1 is 0.935 bits per heavy atom. The number of nitrogens with one attached hydrogen (secondary N) is 1. The van der Waals surface area contributed by atoms with E-state index in [-0.39, 0.29) is 21.7 Å². The molecule has 11 heteroatoms. The van der Waals surface area contributed by atoms with Crippen LogP contribution >= 0.6 is 0 Å². The molecule has 10 nitrogen and oxygen atoms in total. The molecular weight excluding hydrogens is 428 g/mol. The molecule has 1 N–H and O–H groups in total. The largest absolute Gasteiger partial charge is 0.497 e. The van der Waals surface area contributed by atoms with Gasteiger partial charge in [-0.1, -0.05) is 0 Å². The van der Waals surface area contributed by atoms with Crippen LogP contribution in [0.3, 0.4) is 0 Å². The van der Waals surface area contributed by atoms with E-state index in [0.717, 1.165) is 11.4 Å². The number of methoxy groups -OCH3 is 3. The van der Waals surface area contributed by atoms with Gasteiger partial charge in [-0.15, -0.1) is 0 Å². The normalized spacial score (nSPS) is 11.0. The monoisotopic (exact) mass is 450 g/mol. The van der Waals surface area contributed by atoms with Crippen LogP contribution in [0.4, 0.5) is 5.69 Å². The molecule has 0 aromatic heterocycles. The first-order valence-corrected chi connectivity index (χ1v) is 10.3. The Bertz CT molecular complexity index is 1080. The van der Waals surface area contributed by atoms with Gasteiger partial charge in [0.05, 0.1) is 49.6 Å². The Morgan fingerprint density at radius 2 is 1.55 bits per heavy atom. The molecule has 2 rings (SSSR count). The van der Waals surface area contributed by atoms with Crippen molar-refractivity contribution in [1.82, 2.24) is 4.31 Å². The Morgan fingerprint density at radius 3 is 2.10 bits per heavy atom. The molecule has 0 radical (unpaired) electrons. The molecule has 0 saturated carbocycles. The van der Waals surface area contributed by atoms with E-state index in [1.807, 2.05) is 0 Å². The second-order valence-corrected chi connectivity index (χ2v) is 8.27. The van der Waals surface area contributed by atoms with E-state index in [1.54, 1.807) is 0 Å². The molecule has 0 aliphatic carbocycles. The minimum Gasteiger partial charge on any atom is -0.497 e. The summed E-state index contributed by atoms with van der Waals surface area (Å²) in [4.78, 5) is 36.2. The molecular formula is C20H22N2O8S. The van der Waals surface area contributed by atoms with Crippen LogP contribution in [0.5, 0.6) is 5.75 Å². The van der Waals surface area contributed by atoms with Gasteiger partial charge in [-0.3, -0.25) is 4.79 Å². The molecule has 0 atom stereocenters. The molecule has 0 spiro atoms. The van der Waals surface area contributed by atoms with E-state index < -0.39 is 34.4 Å². The number of hydrogen-bond acceptors (Lipinski definition) is 8. The number of sulfonamides is 1. The molecule has 0 unspecified atom stereocenters. The molecule has 0 aliphatic heterocycles. The molecule has 0 aliphatic rings. The summed E-state index contributed by atoms with van der Waals surface area (Å²) in [5.41, 5.74) is 0.0591. The molecule has 166 valence electrons. The fourth-order valence-corrected chi connectivity index (χ4v) is 3.71. The summed E-state index contributed by atoms with van der Waals surface area (Å²) < 4.78 is 40.6. The maximum absolute atomic E-state index is 12.7. The molecule has 0 fully saturated rings. The van der Waals surface area contributed by atoms with Gasteiger partial charge >= 0.3 is 11.9 Å². The topological polar surface area (TPSA) is 128 Å². The highest BCUT2D eigenvalue weighted by Gasteiger charge is 2.24. The highest BCUT2D eigenvalue weighted by Crippen LogP contribution is 2.21. The number of anilines is 1. The average Bonchev–Trinajstić information content (AvgIpc) is 2.77. The number of carbonyl (C=O) groups excluding carboxylic acids is 3. The molecule has 2 aromatic carbocycles. The number of ether oxygens (including phenoxy) is 3. The second-order valence-electron chi connectivity index (χ2n) is 6.23. The minimum atomic E-state index is -3.96. The van der Waals surface area contributed by atoms with Crippen molar-refractivity contribution < 1.29 is 37.0 Å². The maximum atomic E-state index is 12.7. The number of hydrogen-bond donors (Lipinski definition) is 1. The van der Waals surface area contributed by atoms with Gasteiger partial charge in [-0.25, -0.2) is 18.0 Å². The molecule has 1 amide bonds. The lowest BCUT2D eigenvalue weighted by molar-refractivity contribution is -0.116. The number of nitrogens with zero attached hydrogens (tertiary/aromatic N) is 1. The summed E-state index contributed by atoms with van der Waals surface area (Å²) >= 11 is 0. The second kappa shape index (κ2) is 10.0. The number of likely N-dealkylation sites (N-methyl/N-ethyl adjacent to an activating group) is 1. The lowest BCUT2D eigenvalue weighted by atomic mass is 10.1. The highest BCUT2D eigenvalue weighted by molar-refractivity contribution is 7.89. The number of esters is 2.